The number of halogens is 4. The number of hydrogen-bond acceptors (Lipinski definition) is 7. The zero-order valence-corrected chi connectivity index (χ0v) is 20.3. The molecule has 13 heteroatoms. The fourth-order valence-electron chi connectivity index (χ4n) is 3.49. The van der Waals surface area contributed by atoms with Gasteiger partial charge in [-0.2, -0.15) is 18.4 Å². The molecule has 0 spiro atoms. The molecule has 2 unspecified atom stereocenters. The van der Waals surface area contributed by atoms with Gasteiger partial charge in [0.1, 0.15) is 6.67 Å². The van der Waals surface area contributed by atoms with E-state index in [1.807, 2.05) is 0 Å². The molecule has 1 saturated heterocycles. The number of ether oxygens (including phenoxy) is 2. The van der Waals surface area contributed by atoms with Gasteiger partial charge in [-0.05, 0) is 18.2 Å². The van der Waals surface area contributed by atoms with E-state index in [9.17, 15) is 37.4 Å². The number of carbonyl (C=O) groups excluding carboxylic acids is 2. The molecular weight excluding hydrogens is 490 g/mol. The number of anilines is 1. The van der Waals surface area contributed by atoms with Crippen molar-refractivity contribution in [2.75, 3.05) is 31.3 Å². The Morgan fingerprint density at radius 2 is 1.58 bits per heavy atom. The molecule has 0 saturated carbocycles. The van der Waals surface area contributed by atoms with Crippen LogP contribution in [0.1, 0.15) is 38.8 Å². The van der Waals surface area contributed by atoms with Gasteiger partial charge in [0.15, 0.2) is 18.1 Å². The van der Waals surface area contributed by atoms with Crippen LogP contribution in [0.4, 0.5) is 28.0 Å². The first-order valence-corrected chi connectivity index (χ1v) is 11.1. The smallest absolute Gasteiger partial charge is 0.368 e. The molecule has 3 amide bonds. The second-order valence-electron chi connectivity index (χ2n) is 9.03. The number of hydrogen-bond donors (Lipinski definition) is 2. The number of aliphatic hydroxyl groups excluding tert-OH is 2. The van der Waals surface area contributed by atoms with E-state index >= 15 is 0 Å². The van der Waals surface area contributed by atoms with E-state index in [0.29, 0.717) is 11.0 Å². The number of nitriles is 1. The summed E-state index contributed by atoms with van der Waals surface area (Å²) in [6.07, 6.45) is -7.75. The summed E-state index contributed by atoms with van der Waals surface area (Å²) in [4.78, 5) is 28.1. The summed E-state index contributed by atoms with van der Waals surface area (Å²) in [6.45, 7) is 3.29. The highest BCUT2D eigenvalue weighted by Crippen LogP contribution is 2.38. The highest BCUT2D eigenvalue weighted by Gasteiger charge is 2.59. The van der Waals surface area contributed by atoms with Crippen LogP contribution in [-0.2, 0) is 20.4 Å². The first-order valence-electron chi connectivity index (χ1n) is 11.1. The number of amides is 3. The molecular formula is C23H29F4N3O6. The fraction of sp³-hybridized carbons (Fsp3) is 0.609. The summed E-state index contributed by atoms with van der Waals surface area (Å²) in [6, 6.07) is 2.54. The molecule has 2 N–H and O–H groups in total. The third-order valence-electron chi connectivity index (χ3n) is 5.66. The number of rotatable bonds is 11. The molecule has 2 atom stereocenters. The van der Waals surface area contributed by atoms with Crippen molar-refractivity contribution in [1.82, 2.24) is 4.90 Å². The van der Waals surface area contributed by atoms with Crippen molar-refractivity contribution in [2.45, 2.75) is 52.0 Å². The van der Waals surface area contributed by atoms with E-state index in [4.69, 9.17) is 14.7 Å². The zero-order chi connectivity index (χ0) is 27.4. The maximum atomic E-state index is 13.7. The Bertz CT molecular complexity index is 977. The van der Waals surface area contributed by atoms with Crippen molar-refractivity contribution in [3.63, 3.8) is 0 Å². The lowest BCUT2D eigenvalue weighted by atomic mass is 9.99. The molecule has 0 bridgehead atoms. The van der Waals surface area contributed by atoms with Crippen LogP contribution < -0.4 is 4.90 Å². The van der Waals surface area contributed by atoms with Crippen molar-refractivity contribution in [3.8, 4) is 6.07 Å². The standard InChI is InChI=1S/C23H29F4N3O6/c1-13(2)18(31)35-11-22(12-36-19(32)14(3)4)20(33)30(21(34)29(22)8-7-24)16-6-5-15(10-28)17(9-16)23(25,26)27/h5-6,9,13-14,18-19,31-32H,7-8,11-12H2,1-4H3. The van der Waals surface area contributed by atoms with Gasteiger partial charge in [-0.3, -0.25) is 4.79 Å². The van der Waals surface area contributed by atoms with Crippen LogP contribution in [0, 0.1) is 23.2 Å². The maximum absolute atomic E-state index is 13.7. The predicted octanol–water partition coefficient (Wildman–Crippen LogP) is 3.04. The Morgan fingerprint density at radius 1 is 1.06 bits per heavy atom. The molecule has 1 aliphatic rings. The first-order chi connectivity index (χ1) is 16.7. The van der Waals surface area contributed by atoms with Crippen molar-refractivity contribution < 1.29 is 46.8 Å². The Morgan fingerprint density at radius 3 is 2.00 bits per heavy atom. The van der Waals surface area contributed by atoms with Gasteiger partial charge in [-0.1, -0.05) is 27.7 Å². The third kappa shape index (κ3) is 5.95. The van der Waals surface area contributed by atoms with Crippen molar-refractivity contribution in [2.24, 2.45) is 11.8 Å². The first kappa shape index (κ1) is 29.4. The van der Waals surface area contributed by atoms with Gasteiger partial charge in [0.05, 0.1) is 42.6 Å². The molecule has 9 nitrogen and oxygen atoms in total. The normalized spacial score (nSPS) is 20.4. The minimum atomic E-state index is -4.96. The molecule has 1 aromatic carbocycles. The fourth-order valence-corrected chi connectivity index (χ4v) is 3.49. The number of imide groups is 1. The third-order valence-corrected chi connectivity index (χ3v) is 5.66. The van der Waals surface area contributed by atoms with Crippen LogP contribution in [0.25, 0.3) is 0 Å². The maximum Gasteiger partial charge on any atom is 0.417 e. The number of aliphatic hydroxyl groups is 2. The number of alkyl halides is 4. The summed E-state index contributed by atoms with van der Waals surface area (Å²) in [7, 11) is 0. The van der Waals surface area contributed by atoms with Crippen LogP contribution >= 0.6 is 0 Å². The van der Waals surface area contributed by atoms with E-state index in [1.165, 1.54) is 6.07 Å². The van der Waals surface area contributed by atoms with Gasteiger partial charge in [-0.25, -0.2) is 14.1 Å². The molecule has 1 heterocycles. The molecule has 1 aromatic rings. The van der Waals surface area contributed by atoms with Gasteiger partial charge in [0.2, 0.25) is 0 Å². The highest BCUT2D eigenvalue weighted by molar-refractivity contribution is 6.23. The van der Waals surface area contributed by atoms with Crippen LogP contribution in [0.3, 0.4) is 0 Å². The zero-order valence-electron chi connectivity index (χ0n) is 20.3. The van der Waals surface area contributed by atoms with Crippen LogP contribution in [0.15, 0.2) is 18.2 Å². The monoisotopic (exact) mass is 519 g/mol. The largest absolute Gasteiger partial charge is 0.417 e. The minimum absolute atomic E-state index is 0.419. The number of carbonyl (C=O) groups is 2. The van der Waals surface area contributed by atoms with E-state index in [1.54, 1.807) is 27.7 Å². The lowest BCUT2D eigenvalue weighted by molar-refractivity contribution is -0.184. The van der Waals surface area contributed by atoms with Gasteiger partial charge < -0.3 is 24.6 Å². The predicted molar refractivity (Wildman–Crippen MR) is 118 cm³/mol. The summed E-state index contributed by atoms with van der Waals surface area (Å²) in [5.41, 5.74) is -4.70. The second-order valence-corrected chi connectivity index (χ2v) is 9.03. The molecule has 0 aliphatic carbocycles. The Hall–Kier alpha value is -2.79. The molecule has 36 heavy (non-hydrogen) atoms. The van der Waals surface area contributed by atoms with E-state index in [-0.39, 0.29) is 0 Å². The van der Waals surface area contributed by atoms with Gasteiger partial charge in [-0.15, -0.1) is 0 Å². The minimum Gasteiger partial charge on any atom is -0.368 e. The average molecular weight is 519 g/mol. The topological polar surface area (TPSA) is 123 Å². The van der Waals surface area contributed by atoms with Gasteiger partial charge in [0.25, 0.3) is 5.91 Å². The van der Waals surface area contributed by atoms with Crippen LogP contribution in [0.5, 0.6) is 0 Å². The Labute approximate surface area is 205 Å². The lowest BCUT2D eigenvalue weighted by Crippen LogP contribution is -2.58. The van der Waals surface area contributed by atoms with Gasteiger partial charge >= 0.3 is 12.2 Å². The molecule has 0 aromatic heterocycles. The SMILES string of the molecule is CC(C)C(O)OCC1(COC(O)C(C)C)C(=O)N(c2ccc(C#N)c(C(F)(F)F)c2)C(=O)N1CCF. The summed E-state index contributed by atoms with van der Waals surface area (Å²) >= 11 is 0. The quantitative estimate of drug-likeness (QED) is 0.262. The summed E-state index contributed by atoms with van der Waals surface area (Å²) in [5, 5.41) is 29.3. The lowest BCUT2D eigenvalue weighted by Gasteiger charge is -2.36. The highest BCUT2D eigenvalue weighted by atomic mass is 19.4. The molecule has 200 valence electrons. The van der Waals surface area contributed by atoms with E-state index in [2.05, 4.69) is 0 Å². The summed E-state index contributed by atoms with van der Waals surface area (Å²) in [5.74, 6) is -1.98. The van der Waals surface area contributed by atoms with E-state index in [0.717, 1.165) is 17.0 Å². The summed E-state index contributed by atoms with van der Waals surface area (Å²) < 4.78 is 64.8. The van der Waals surface area contributed by atoms with Gasteiger partial charge in [0, 0.05) is 11.8 Å². The average Bonchev–Trinajstić information content (AvgIpc) is 3.01. The second kappa shape index (κ2) is 11.5. The van der Waals surface area contributed by atoms with E-state index < -0.39 is 91.3 Å². The molecule has 1 aliphatic heterocycles. The Kier molecular flexibility index (Phi) is 9.41. The molecule has 1 fully saturated rings. The van der Waals surface area contributed by atoms with Crippen molar-refractivity contribution in [3.05, 3.63) is 29.3 Å². The van der Waals surface area contributed by atoms with Crippen LogP contribution in [0.2, 0.25) is 0 Å². The molecule has 2 rings (SSSR count). The molecule has 0 radical (unpaired) electrons. The number of benzene rings is 1. The van der Waals surface area contributed by atoms with Crippen molar-refractivity contribution in [1.29, 1.82) is 5.26 Å². The number of urea groups is 1. The Balaban J connectivity index is 2.62. The van der Waals surface area contributed by atoms with Crippen molar-refractivity contribution >= 4 is 17.6 Å². The van der Waals surface area contributed by atoms with Crippen LogP contribution in [-0.4, -0.2) is 71.6 Å². The number of nitrogens with zero attached hydrogens (tertiary/aromatic N) is 3.